The summed E-state index contributed by atoms with van der Waals surface area (Å²) in [5.41, 5.74) is -0.369. The summed E-state index contributed by atoms with van der Waals surface area (Å²) in [5, 5.41) is 2.88. The van der Waals surface area contributed by atoms with Gasteiger partial charge in [0.1, 0.15) is 5.54 Å². The summed E-state index contributed by atoms with van der Waals surface area (Å²) >= 11 is 0. The lowest BCUT2D eigenvalue weighted by atomic mass is 9.79. The second-order valence-corrected chi connectivity index (χ2v) is 6.54. The van der Waals surface area contributed by atoms with Crippen LogP contribution < -0.4 is 5.32 Å². The van der Waals surface area contributed by atoms with Crippen molar-refractivity contribution in [3.8, 4) is 0 Å². The van der Waals surface area contributed by atoms with E-state index in [1.807, 2.05) is 30.3 Å². The molecular weight excluding hydrogens is 365 g/mol. The minimum absolute atomic E-state index is 0.256. The number of nitrogens with zero attached hydrogens (tertiary/aromatic N) is 1. The molecule has 1 N–H and O–H groups in total. The highest BCUT2D eigenvalue weighted by atomic mass is 19.4. The van der Waals surface area contributed by atoms with Crippen LogP contribution in [-0.2, 0) is 22.9 Å². The number of carbonyl (C=O) groups is 1. The Morgan fingerprint density at radius 1 is 0.929 bits per heavy atom. The Morgan fingerprint density at radius 3 is 2.21 bits per heavy atom. The molecule has 0 radical (unpaired) electrons. The fourth-order valence-electron chi connectivity index (χ4n) is 3.30. The fraction of sp³-hybridized carbons (Fsp3) is 0.182. The van der Waals surface area contributed by atoms with Gasteiger partial charge in [0.2, 0.25) is 5.91 Å². The van der Waals surface area contributed by atoms with Gasteiger partial charge >= 0.3 is 6.18 Å². The van der Waals surface area contributed by atoms with E-state index < -0.39 is 17.3 Å². The minimum atomic E-state index is -4.49. The van der Waals surface area contributed by atoms with E-state index in [0.717, 1.165) is 17.7 Å². The number of nitrogens with one attached hydrogen (secondary N) is 1. The SMILES string of the molecule is CC(=O)NC(Cc1ccccc1)(c1cccc(C(F)(F)F)c1)c1ccccn1. The van der Waals surface area contributed by atoms with E-state index in [0.29, 0.717) is 11.3 Å². The van der Waals surface area contributed by atoms with Crippen LogP contribution in [0, 0.1) is 0 Å². The number of rotatable bonds is 5. The Balaban J connectivity index is 2.24. The third kappa shape index (κ3) is 4.22. The van der Waals surface area contributed by atoms with Crippen molar-refractivity contribution in [2.45, 2.75) is 25.1 Å². The number of hydrogen-bond donors (Lipinski definition) is 1. The van der Waals surface area contributed by atoms with Crippen LogP contribution in [0.4, 0.5) is 13.2 Å². The number of amides is 1. The first kappa shape index (κ1) is 19.6. The highest BCUT2D eigenvalue weighted by molar-refractivity contribution is 5.75. The molecule has 6 heteroatoms. The summed E-state index contributed by atoms with van der Waals surface area (Å²) in [6.07, 6.45) is -2.68. The van der Waals surface area contributed by atoms with Crippen molar-refractivity contribution < 1.29 is 18.0 Å². The Bertz CT molecular complexity index is 943. The Morgan fingerprint density at radius 2 is 1.61 bits per heavy atom. The molecule has 1 unspecified atom stereocenters. The first-order valence-electron chi connectivity index (χ1n) is 8.73. The van der Waals surface area contributed by atoms with Gasteiger partial charge in [0, 0.05) is 19.5 Å². The normalized spacial score (nSPS) is 13.6. The van der Waals surface area contributed by atoms with Crippen LogP contribution in [0.2, 0.25) is 0 Å². The van der Waals surface area contributed by atoms with E-state index in [4.69, 9.17) is 0 Å². The summed E-state index contributed by atoms with van der Waals surface area (Å²) in [6.45, 7) is 1.34. The van der Waals surface area contributed by atoms with Crippen LogP contribution in [0.25, 0.3) is 0 Å². The van der Waals surface area contributed by atoms with Crippen molar-refractivity contribution in [1.29, 1.82) is 0 Å². The largest absolute Gasteiger partial charge is 0.416 e. The smallest absolute Gasteiger partial charge is 0.341 e. The van der Waals surface area contributed by atoms with E-state index in [2.05, 4.69) is 10.3 Å². The molecule has 28 heavy (non-hydrogen) atoms. The van der Waals surface area contributed by atoms with Crippen LogP contribution in [0.5, 0.6) is 0 Å². The summed E-state index contributed by atoms with van der Waals surface area (Å²) in [7, 11) is 0. The van der Waals surface area contributed by atoms with Gasteiger partial charge in [-0.25, -0.2) is 0 Å². The molecule has 0 saturated heterocycles. The van der Waals surface area contributed by atoms with E-state index in [1.54, 1.807) is 30.5 Å². The van der Waals surface area contributed by atoms with E-state index in [9.17, 15) is 18.0 Å². The van der Waals surface area contributed by atoms with E-state index in [1.165, 1.54) is 13.0 Å². The molecular formula is C22H19F3N2O. The molecule has 1 atom stereocenters. The van der Waals surface area contributed by atoms with E-state index in [-0.39, 0.29) is 12.3 Å². The van der Waals surface area contributed by atoms with Gasteiger partial charge in [-0.15, -0.1) is 0 Å². The van der Waals surface area contributed by atoms with Crippen molar-refractivity contribution in [3.63, 3.8) is 0 Å². The molecule has 0 spiro atoms. The second kappa shape index (κ2) is 7.84. The van der Waals surface area contributed by atoms with Gasteiger partial charge in [-0.3, -0.25) is 9.78 Å². The molecule has 3 nitrogen and oxygen atoms in total. The molecule has 1 aromatic heterocycles. The second-order valence-electron chi connectivity index (χ2n) is 6.54. The van der Waals surface area contributed by atoms with E-state index >= 15 is 0 Å². The molecule has 0 aliphatic carbocycles. The maximum Gasteiger partial charge on any atom is 0.416 e. The Hall–Kier alpha value is -3.15. The summed E-state index contributed by atoms with van der Waals surface area (Å²) in [4.78, 5) is 16.5. The Labute approximate surface area is 161 Å². The van der Waals surface area contributed by atoms with Crippen LogP contribution >= 0.6 is 0 Å². The average Bonchev–Trinajstić information content (AvgIpc) is 2.68. The van der Waals surface area contributed by atoms with Crippen LogP contribution in [0.3, 0.4) is 0 Å². The fourth-order valence-corrected chi connectivity index (χ4v) is 3.30. The van der Waals surface area contributed by atoms with Crippen LogP contribution in [0.1, 0.15) is 29.3 Å². The number of carbonyl (C=O) groups excluding carboxylic acids is 1. The van der Waals surface area contributed by atoms with Gasteiger partial charge in [-0.1, -0.05) is 48.5 Å². The number of benzene rings is 2. The van der Waals surface area contributed by atoms with Crippen molar-refractivity contribution in [2.24, 2.45) is 0 Å². The molecule has 0 aliphatic rings. The number of aromatic nitrogens is 1. The average molecular weight is 384 g/mol. The van der Waals surface area contributed by atoms with Gasteiger partial charge in [-0.2, -0.15) is 13.2 Å². The van der Waals surface area contributed by atoms with Crippen molar-refractivity contribution in [1.82, 2.24) is 10.3 Å². The molecule has 0 saturated carbocycles. The highest BCUT2D eigenvalue weighted by Crippen LogP contribution is 2.36. The molecule has 3 rings (SSSR count). The molecule has 144 valence electrons. The van der Waals surface area contributed by atoms with Crippen LogP contribution in [0.15, 0.2) is 79.0 Å². The van der Waals surface area contributed by atoms with Gasteiger partial charge in [0.05, 0.1) is 11.3 Å². The summed E-state index contributed by atoms with van der Waals surface area (Å²) in [5.74, 6) is -0.362. The lowest BCUT2D eigenvalue weighted by Gasteiger charge is -2.35. The molecule has 1 amide bonds. The first-order valence-corrected chi connectivity index (χ1v) is 8.73. The summed E-state index contributed by atoms with van der Waals surface area (Å²) in [6, 6.07) is 19.5. The predicted molar refractivity (Wildman–Crippen MR) is 100 cm³/mol. The number of alkyl halides is 3. The maximum absolute atomic E-state index is 13.3. The molecule has 2 aromatic carbocycles. The number of hydrogen-bond acceptors (Lipinski definition) is 2. The third-order valence-corrected chi connectivity index (χ3v) is 4.49. The predicted octanol–water partition coefficient (Wildman–Crippen LogP) is 4.72. The standard InChI is InChI=1S/C22H19F3N2O/c1-16(28)27-21(20-12-5-6-13-26-20,15-17-8-3-2-4-9-17)18-10-7-11-19(14-18)22(23,24)25/h2-14H,15H2,1H3,(H,27,28). The monoisotopic (exact) mass is 384 g/mol. The van der Waals surface area contributed by atoms with Gasteiger partial charge < -0.3 is 5.32 Å². The van der Waals surface area contributed by atoms with Gasteiger partial charge in [0.15, 0.2) is 0 Å². The zero-order valence-electron chi connectivity index (χ0n) is 15.2. The first-order chi connectivity index (χ1) is 13.3. The molecule has 0 bridgehead atoms. The molecule has 0 aliphatic heterocycles. The highest BCUT2D eigenvalue weighted by Gasteiger charge is 2.39. The maximum atomic E-state index is 13.3. The lowest BCUT2D eigenvalue weighted by molar-refractivity contribution is -0.137. The van der Waals surface area contributed by atoms with Gasteiger partial charge in [0.25, 0.3) is 0 Å². The zero-order chi connectivity index (χ0) is 20.2. The topological polar surface area (TPSA) is 42.0 Å². The van der Waals surface area contributed by atoms with Crippen LogP contribution in [-0.4, -0.2) is 10.9 Å². The molecule has 3 aromatic rings. The molecule has 0 fully saturated rings. The summed E-state index contributed by atoms with van der Waals surface area (Å²) < 4.78 is 40.0. The number of halogens is 3. The number of pyridine rings is 1. The Kier molecular flexibility index (Phi) is 5.49. The lowest BCUT2D eigenvalue weighted by Crippen LogP contribution is -2.48. The van der Waals surface area contributed by atoms with Gasteiger partial charge in [-0.05, 0) is 35.4 Å². The zero-order valence-corrected chi connectivity index (χ0v) is 15.2. The minimum Gasteiger partial charge on any atom is -0.341 e. The van der Waals surface area contributed by atoms with Crippen molar-refractivity contribution in [2.75, 3.05) is 0 Å². The van der Waals surface area contributed by atoms with Crippen molar-refractivity contribution >= 4 is 5.91 Å². The van der Waals surface area contributed by atoms with Crippen molar-refractivity contribution in [3.05, 3.63) is 101 Å². The quantitative estimate of drug-likeness (QED) is 0.691. The third-order valence-electron chi connectivity index (χ3n) is 4.49. The molecule has 1 heterocycles.